The number of imidazole rings is 1. The lowest BCUT2D eigenvalue weighted by Gasteiger charge is -2.25. The van der Waals surface area contributed by atoms with Gasteiger partial charge in [0.15, 0.2) is 17.8 Å². The number of amides is 2. The zero-order valence-electron chi connectivity index (χ0n) is 26.2. The number of halogens is 2. The van der Waals surface area contributed by atoms with Gasteiger partial charge in [-0.05, 0) is 68.7 Å². The summed E-state index contributed by atoms with van der Waals surface area (Å²) in [6.45, 7) is 6.95. The Balaban J connectivity index is 0.00000148. The molecule has 1 aromatic carbocycles. The van der Waals surface area contributed by atoms with E-state index >= 15 is 4.39 Å². The minimum atomic E-state index is -0.833. The quantitative estimate of drug-likeness (QED) is 0.180. The van der Waals surface area contributed by atoms with E-state index in [4.69, 9.17) is 14.2 Å². The average Bonchev–Trinajstić information content (AvgIpc) is 3.33. The molecule has 2 N–H and O–H groups in total. The van der Waals surface area contributed by atoms with Crippen molar-refractivity contribution in [2.75, 3.05) is 25.1 Å². The lowest BCUT2D eigenvalue weighted by atomic mass is 9.96. The highest BCUT2D eigenvalue weighted by Crippen LogP contribution is 2.31. The van der Waals surface area contributed by atoms with Crippen LogP contribution in [0.4, 0.5) is 14.6 Å². The van der Waals surface area contributed by atoms with Crippen molar-refractivity contribution in [3.05, 3.63) is 59.4 Å². The summed E-state index contributed by atoms with van der Waals surface area (Å²) in [7, 11) is 0. The third-order valence-corrected chi connectivity index (χ3v) is 7.18. The molecule has 3 heterocycles. The van der Waals surface area contributed by atoms with Gasteiger partial charge in [-0.2, -0.15) is 9.37 Å². The zero-order chi connectivity index (χ0) is 32.2. The molecule has 2 amide bonds. The highest BCUT2D eigenvalue weighted by atomic mass is 19.1. The number of hydrogen-bond acceptors (Lipinski definition) is 7. The number of ether oxygens (including phenoxy) is 3. The first-order valence-corrected chi connectivity index (χ1v) is 15.8. The number of nitrogens with one attached hydrogen (secondary N) is 2. The number of benzene rings is 1. The topological polar surface area (TPSA) is 117 Å². The van der Waals surface area contributed by atoms with Crippen LogP contribution < -0.4 is 15.4 Å². The highest BCUT2D eigenvalue weighted by molar-refractivity contribution is 6.02. The monoisotopic (exact) mass is 627 g/mol. The maximum Gasteiger partial charge on any atom is 0.271 e. The summed E-state index contributed by atoms with van der Waals surface area (Å²) < 4.78 is 47.6. The zero-order valence-corrected chi connectivity index (χ0v) is 26.2. The first kappa shape index (κ1) is 34.0. The molecule has 1 aliphatic carbocycles. The van der Waals surface area contributed by atoms with Crippen molar-refractivity contribution >= 4 is 17.6 Å². The predicted molar refractivity (Wildman–Crippen MR) is 166 cm³/mol. The second kappa shape index (κ2) is 17.0. The van der Waals surface area contributed by atoms with Crippen molar-refractivity contribution in [1.29, 1.82) is 0 Å². The second-order valence-electron chi connectivity index (χ2n) is 11.2. The number of nitrogens with zero attached hydrogens (tertiary/aromatic N) is 3. The van der Waals surface area contributed by atoms with Gasteiger partial charge in [0, 0.05) is 32.7 Å². The van der Waals surface area contributed by atoms with E-state index in [0.717, 1.165) is 38.5 Å². The summed E-state index contributed by atoms with van der Waals surface area (Å²) in [6.07, 6.45) is 7.35. The van der Waals surface area contributed by atoms with Gasteiger partial charge in [0.25, 0.3) is 5.91 Å². The van der Waals surface area contributed by atoms with Crippen molar-refractivity contribution in [2.24, 2.45) is 0 Å². The SMILES string of the molecule is CC(=O)Nc1nc(-c2ccc(OC3CCC3)nc2F)n(Cc2ccc(F)cc2)c1C(=O)NCCCOC1CCCCO1.CCC. The molecule has 5 rings (SSSR count). The predicted octanol–water partition coefficient (Wildman–Crippen LogP) is 6.24. The fourth-order valence-electron chi connectivity index (χ4n) is 4.79. The number of hydrogen-bond donors (Lipinski definition) is 2. The van der Waals surface area contributed by atoms with E-state index in [1.54, 1.807) is 18.2 Å². The maximum absolute atomic E-state index is 15.4. The lowest BCUT2D eigenvalue weighted by Crippen LogP contribution is -2.30. The van der Waals surface area contributed by atoms with Crippen molar-refractivity contribution in [3.63, 3.8) is 0 Å². The Hall–Kier alpha value is -3.90. The van der Waals surface area contributed by atoms with E-state index < -0.39 is 23.6 Å². The summed E-state index contributed by atoms with van der Waals surface area (Å²) in [5.74, 6) is -2.01. The Morgan fingerprint density at radius 2 is 1.78 bits per heavy atom. The van der Waals surface area contributed by atoms with E-state index in [2.05, 4.69) is 34.4 Å². The standard InChI is InChI=1S/C30H35F2N5O5.C3H8/c1-19(38)34-28-26(30(39)33-15-5-17-41-25-8-2-3-16-40-25)37(18-20-9-11-21(31)12-10-20)29(36-28)23-13-14-24(35-27(23)32)42-22-6-4-7-22;1-3-2/h9-14,22,25H,2-8,15-18H2,1H3,(H,33,39)(H,34,38);3H2,1-2H3. The van der Waals surface area contributed by atoms with Crippen LogP contribution >= 0.6 is 0 Å². The van der Waals surface area contributed by atoms with E-state index in [0.29, 0.717) is 25.2 Å². The molecule has 0 bridgehead atoms. The van der Waals surface area contributed by atoms with Gasteiger partial charge in [0.1, 0.15) is 17.7 Å². The third-order valence-electron chi connectivity index (χ3n) is 7.18. The summed E-state index contributed by atoms with van der Waals surface area (Å²) in [6, 6.07) is 8.77. The van der Waals surface area contributed by atoms with E-state index in [-0.39, 0.29) is 54.3 Å². The Morgan fingerprint density at radius 3 is 2.40 bits per heavy atom. The molecule has 1 atom stereocenters. The number of pyridine rings is 1. The van der Waals surface area contributed by atoms with Crippen LogP contribution in [0.2, 0.25) is 0 Å². The van der Waals surface area contributed by atoms with Crippen LogP contribution in [-0.4, -0.2) is 58.5 Å². The van der Waals surface area contributed by atoms with Gasteiger partial charge >= 0.3 is 0 Å². The molecule has 1 unspecified atom stereocenters. The Labute approximate surface area is 262 Å². The van der Waals surface area contributed by atoms with Crippen LogP contribution in [0.15, 0.2) is 36.4 Å². The summed E-state index contributed by atoms with van der Waals surface area (Å²) in [5.41, 5.74) is 0.678. The molecule has 2 aromatic heterocycles. The van der Waals surface area contributed by atoms with Crippen LogP contribution in [0.25, 0.3) is 11.4 Å². The number of aromatic nitrogens is 3. The van der Waals surface area contributed by atoms with Gasteiger partial charge in [-0.15, -0.1) is 0 Å². The molecule has 2 fully saturated rings. The van der Waals surface area contributed by atoms with Crippen molar-refractivity contribution in [1.82, 2.24) is 19.9 Å². The minimum Gasteiger partial charge on any atom is -0.474 e. The third kappa shape index (κ3) is 9.79. The molecule has 2 aliphatic rings. The Kier molecular flexibility index (Phi) is 12.8. The van der Waals surface area contributed by atoms with E-state index in [9.17, 15) is 14.0 Å². The molecule has 1 saturated heterocycles. The molecule has 244 valence electrons. The molecule has 1 saturated carbocycles. The van der Waals surface area contributed by atoms with Gasteiger partial charge in [0.2, 0.25) is 17.7 Å². The number of carbonyl (C=O) groups is 2. The molecule has 3 aromatic rings. The van der Waals surface area contributed by atoms with Crippen LogP contribution in [-0.2, 0) is 20.8 Å². The summed E-state index contributed by atoms with van der Waals surface area (Å²) >= 11 is 0. The summed E-state index contributed by atoms with van der Waals surface area (Å²) in [5, 5.41) is 5.44. The lowest BCUT2D eigenvalue weighted by molar-refractivity contribution is -0.162. The van der Waals surface area contributed by atoms with Crippen molar-refractivity contribution in [2.45, 2.75) is 91.1 Å². The van der Waals surface area contributed by atoms with Crippen molar-refractivity contribution < 1.29 is 32.6 Å². The first-order chi connectivity index (χ1) is 21.8. The van der Waals surface area contributed by atoms with E-state index in [1.165, 1.54) is 36.1 Å². The van der Waals surface area contributed by atoms with Gasteiger partial charge in [-0.25, -0.2) is 9.37 Å². The minimum absolute atomic E-state index is 0.0182. The molecule has 0 radical (unpaired) electrons. The Bertz CT molecular complexity index is 1410. The van der Waals surface area contributed by atoms with Crippen LogP contribution in [0.5, 0.6) is 5.88 Å². The molecular weight excluding hydrogens is 584 g/mol. The van der Waals surface area contributed by atoms with Crippen LogP contribution in [0, 0.1) is 11.8 Å². The molecule has 0 spiro atoms. The van der Waals surface area contributed by atoms with Gasteiger partial charge in [0.05, 0.1) is 12.2 Å². The molecule has 12 heteroatoms. The van der Waals surface area contributed by atoms with Crippen molar-refractivity contribution in [3.8, 4) is 17.3 Å². The maximum atomic E-state index is 15.4. The first-order valence-electron chi connectivity index (χ1n) is 15.8. The van der Waals surface area contributed by atoms with Gasteiger partial charge in [-0.3, -0.25) is 9.59 Å². The second-order valence-corrected chi connectivity index (χ2v) is 11.2. The Morgan fingerprint density at radius 1 is 1.02 bits per heavy atom. The van der Waals surface area contributed by atoms with Gasteiger partial charge in [-0.1, -0.05) is 32.4 Å². The molecule has 1 aliphatic heterocycles. The largest absolute Gasteiger partial charge is 0.474 e. The number of rotatable bonds is 12. The molecule has 45 heavy (non-hydrogen) atoms. The fraction of sp³-hybridized carbons (Fsp3) is 0.515. The summed E-state index contributed by atoms with van der Waals surface area (Å²) in [4.78, 5) is 34.1. The van der Waals surface area contributed by atoms with Crippen LogP contribution in [0.3, 0.4) is 0 Å². The fourth-order valence-corrected chi connectivity index (χ4v) is 4.79. The normalized spacial score (nSPS) is 16.2. The highest BCUT2D eigenvalue weighted by Gasteiger charge is 2.27. The number of anilines is 1. The average molecular weight is 628 g/mol. The smallest absolute Gasteiger partial charge is 0.271 e. The van der Waals surface area contributed by atoms with Gasteiger partial charge < -0.3 is 29.4 Å². The molecular formula is C33H43F2N5O5. The van der Waals surface area contributed by atoms with Crippen LogP contribution in [0.1, 0.15) is 88.2 Å². The molecule has 10 nitrogen and oxygen atoms in total. The van der Waals surface area contributed by atoms with E-state index in [1.807, 2.05) is 0 Å². The number of carbonyl (C=O) groups excluding carboxylic acids is 2.